The fraction of sp³-hybridized carbons (Fsp3) is 0.154. The van der Waals surface area contributed by atoms with Gasteiger partial charge in [0.2, 0.25) is 0 Å². The summed E-state index contributed by atoms with van der Waals surface area (Å²) in [7, 11) is -3.85. The Labute approximate surface area is 116 Å². The van der Waals surface area contributed by atoms with E-state index in [0.29, 0.717) is 5.69 Å². The molecule has 0 fully saturated rings. The molecule has 0 saturated carbocycles. The van der Waals surface area contributed by atoms with Crippen LogP contribution in [0.4, 0.5) is 15.9 Å². The molecular weight excluding hydrogens is 281 g/mol. The summed E-state index contributed by atoms with van der Waals surface area (Å²) < 4.78 is 40.2. The molecule has 0 radical (unpaired) electrons. The van der Waals surface area contributed by atoms with Crippen LogP contribution in [0, 0.1) is 19.7 Å². The van der Waals surface area contributed by atoms with Gasteiger partial charge in [-0.15, -0.1) is 0 Å². The first kappa shape index (κ1) is 14.3. The predicted octanol–water partition coefficient (Wildman–Crippen LogP) is 2.22. The topological polar surface area (TPSA) is 85.1 Å². The third kappa shape index (κ3) is 2.88. The Balaban J connectivity index is 2.41. The van der Waals surface area contributed by atoms with Gasteiger partial charge in [-0.1, -0.05) is 6.07 Å². The van der Waals surface area contributed by atoms with E-state index >= 15 is 0 Å². The number of nitrogens with one attached hydrogen (secondary N) is 1. The van der Waals surface area contributed by atoms with Crippen LogP contribution in [0.1, 0.15) is 11.3 Å². The molecule has 106 valence electrons. The largest absolute Gasteiger partial charge is 0.396 e. The Morgan fingerprint density at radius 3 is 2.55 bits per heavy atom. The van der Waals surface area contributed by atoms with E-state index in [4.69, 9.17) is 5.73 Å². The maximum atomic E-state index is 13.4. The van der Waals surface area contributed by atoms with Crippen LogP contribution in [0.5, 0.6) is 0 Å². The number of nitrogen functional groups attached to an aromatic ring is 1. The minimum atomic E-state index is -3.85. The predicted molar refractivity (Wildman–Crippen MR) is 75.3 cm³/mol. The molecule has 2 aromatic rings. The van der Waals surface area contributed by atoms with Crippen LogP contribution in [0.2, 0.25) is 0 Å². The first-order valence-corrected chi connectivity index (χ1v) is 7.30. The van der Waals surface area contributed by atoms with Crippen molar-refractivity contribution in [3.8, 4) is 0 Å². The molecule has 1 heterocycles. The third-order valence-corrected chi connectivity index (χ3v) is 4.03. The van der Waals surface area contributed by atoms with Crippen molar-refractivity contribution in [3.63, 3.8) is 0 Å². The number of benzene rings is 1. The monoisotopic (exact) mass is 295 g/mol. The second-order valence-corrected chi connectivity index (χ2v) is 6.10. The Morgan fingerprint density at radius 2 is 1.95 bits per heavy atom. The van der Waals surface area contributed by atoms with E-state index in [1.807, 2.05) is 0 Å². The Morgan fingerprint density at radius 1 is 1.25 bits per heavy atom. The highest BCUT2D eigenvalue weighted by Gasteiger charge is 2.18. The lowest BCUT2D eigenvalue weighted by atomic mass is 10.2. The summed E-state index contributed by atoms with van der Waals surface area (Å²) in [5.74, 6) is -0.414. The number of nitrogens with two attached hydrogens (primary N) is 1. The van der Waals surface area contributed by atoms with Crippen molar-refractivity contribution in [1.82, 2.24) is 4.98 Å². The van der Waals surface area contributed by atoms with E-state index in [1.54, 1.807) is 19.1 Å². The minimum absolute atomic E-state index is 0.0998. The van der Waals surface area contributed by atoms with E-state index in [9.17, 15) is 12.8 Å². The van der Waals surface area contributed by atoms with Crippen LogP contribution in [0.25, 0.3) is 0 Å². The highest BCUT2D eigenvalue weighted by atomic mass is 32.2. The van der Waals surface area contributed by atoms with Gasteiger partial charge in [0.25, 0.3) is 10.0 Å². The number of anilines is 2. The number of aromatic nitrogens is 1. The van der Waals surface area contributed by atoms with Gasteiger partial charge in [0.1, 0.15) is 11.6 Å². The number of rotatable bonds is 3. The molecule has 0 aliphatic heterocycles. The van der Waals surface area contributed by atoms with Crippen LogP contribution < -0.4 is 10.5 Å². The quantitative estimate of drug-likeness (QED) is 0.850. The number of pyridine rings is 1. The van der Waals surface area contributed by atoms with Gasteiger partial charge >= 0.3 is 0 Å². The molecule has 0 aliphatic carbocycles. The number of sulfonamides is 1. The third-order valence-electron chi connectivity index (χ3n) is 2.69. The molecule has 3 N–H and O–H groups in total. The number of aryl methyl sites for hydroxylation is 2. The number of hydrogen-bond acceptors (Lipinski definition) is 4. The smallest absolute Gasteiger partial charge is 0.263 e. The van der Waals surface area contributed by atoms with E-state index in [2.05, 4.69) is 9.71 Å². The molecule has 1 aromatic heterocycles. The summed E-state index contributed by atoms with van der Waals surface area (Å²) in [6, 6.07) is 7.27. The summed E-state index contributed by atoms with van der Waals surface area (Å²) in [5.41, 5.74) is 6.10. The maximum Gasteiger partial charge on any atom is 0.263 e. The average molecular weight is 295 g/mol. The second-order valence-electron chi connectivity index (χ2n) is 4.41. The van der Waals surface area contributed by atoms with Crippen molar-refractivity contribution in [1.29, 1.82) is 0 Å². The van der Waals surface area contributed by atoms with Gasteiger partial charge in [-0.2, -0.15) is 0 Å². The molecule has 0 atom stereocenters. The fourth-order valence-electron chi connectivity index (χ4n) is 1.71. The van der Waals surface area contributed by atoms with Gasteiger partial charge in [0.15, 0.2) is 0 Å². The maximum absolute atomic E-state index is 13.4. The number of halogens is 1. The molecule has 0 bridgehead atoms. The SMILES string of the molecule is Cc1cccc(NS(=O)(=O)c2cc(C)c(F)c(N)c2)n1. The number of hydrogen-bond donors (Lipinski definition) is 2. The van der Waals surface area contributed by atoms with Gasteiger partial charge in [0.05, 0.1) is 10.6 Å². The van der Waals surface area contributed by atoms with Crippen molar-refractivity contribution in [3.05, 3.63) is 47.4 Å². The highest BCUT2D eigenvalue weighted by molar-refractivity contribution is 7.92. The van der Waals surface area contributed by atoms with Gasteiger partial charge in [-0.3, -0.25) is 4.72 Å². The van der Waals surface area contributed by atoms with Crippen LogP contribution >= 0.6 is 0 Å². The van der Waals surface area contributed by atoms with Crippen LogP contribution in [-0.4, -0.2) is 13.4 Å². The molecule has 5 nitrogen and oxygen atoms in total. The summed E-state index contributed by atoms with van der Waals surface area (Å²) in [4.78, 5) is 3.95. The average Bonchev–Trinajstić information content (AvgIpc) is 2.34. The van der Waals surface area contributed by atoms with Crippen LogP contribution in [-0.2, 0) is 10.0 Å². The molecule has 7 heteroatoms. The lowest BCUT2D eigenvalue weighted by Crippen LogP contribution is -2.15. The van der Waals surface area contributed by atoms with Gasteiger partial charge in [-0.05, 0) is 43.7 Å². The van der Waals surface area contributed by atoms with Crippen molar-refractivity contribution in [2.75, 3.05) is 10.5 Å². The molecule has 0 unspecified atom stereocenters. The summed E-state index contributed by atoms with van der Waals surface area (Å²) >= 11 is 0. The van der Waals surface area contributed by atoms with E-state index in [1.165, 1.54) is 19.1 Å². The lowest BCUT2D eigenvalue weighted by molar-refractivity contribution is 0.599. The normalized spacial score (nSPS) is 11.3. The fourth-order valence-corrected chi connectivity index (χ4v) is 2.84. The van der Waals surface area contributed by atoms with Crippen molar-refractivity contribution in [2.45, 2.75) is 18.7 Å². The lowest BCUT2D eigenvalue weighted by Gasteiger charge is -2.10. The standard InChI is InChI=1S/C13H14FN3O2S/c1-8-6-10(7-11(15)13(8)14)20(18,19)17-12-5-3-4-9(2)16-12/h3-7H,15H2,1-2H3,(H,16,17). The molecular formula is C13H14FN3O2S. The van der Waals surface area contributed by atoms with Crippen LogP contribution in [0.3, 0.4) is 0 Å². The zero-order valence-corrected chi connectivity index (χ0v) is 11.8. The van der Waals surface area contributed by atoms with E-state index in [0.717, 1.165) is 6.07 Å². The first-order chi connectivity index (χ1) is 9.29. The zero-order chi connectivity index (χ0) is 14.9. The van der Waals surface area contributed by atoms with Crippen molar-refractivity contribution in [2.24, 2.45) is 0 Å². The molecule has 0 saturated heterocycles. The first-order valence-electron chi connectivity index (χ1n) is 5.82. The summed E-state index contributed by atoms with van der Waals surface area (Å²) in [5, 5.41) is 0. The minimum Gasteiger partial charge on any atom is -0.396 e. The van der Waals surface area contributed by atoms with Gasteiger partial charge in [0, 0.05) is 5.69 Å². The molecule has 2 rings (SSSR count). The molecule has 0 spiro atoms. The Bertz CT molecular complexity index is 737. The van der Waals surface area contributed by atoms with E-state index < -0.39 is 15.8 Å². The van der Waals surface area contributed by atoms with Crippen molar-refractivity contribution >= 4 is 21.5 Å². The second kappa shape index (κ2) is 5.09. The van der Waals surface area contributed by atoms with Gasteiger partial charge < -0.3 is 5.73 Å². The highest BCUT2D eigenvalue weighted by Crippen LogP contribution is 2.22. The summed E-state index contributed by atoms with van der Waals surface area (Å²) in [6.07, 6.45) is 0. The van der Waals surface area contributed by atoms with E-state index in [-0.39, 0.29) is 22.0 Å². The molecule has 1 aromatic carbocycles. The molecule has 0 aliphatic rings. The Hall–Kier alpha value is -2.15. The molecule has 0 amide bonds. The van der Waals surface area contributed by atoms with Crippen LogP contribution in [0.15, 0.2) is 35.2 Å². The zero-order valence-electron chi connectivity index (χ0n) is 11.0. The van der Waals surface area contributed by atoms with Crippen molar-refractivity contribution < 1.29 is 12.8 Å². The Kier molecular flexibility index (Phi) is 3.63. The summed E-state index contributed by atoms with van der Waals surface area (Å²) in [6.45, 7) is 3.20. The number of nitrogens with zero attached hydrogens (tertiary/aromatic N) is 1. The molecule has 20 heavy (non-hydrogen) atoms. The van der Waals surface area contributed by atoms with Gasteiger partial charge in [-0.25, -0.2) is 17.8 Å².